The van der Waals surface area contributed by atoms with Crippen LogP contribution in [0.25, 0.3) is 0 Å². The summed E-state index contributed by atoms with van der Waals surface area (Å²) in [6.07, 6.45) is 8.25. The van der Waals surface area contributed by atoms with Crippen LogP contribution in [-0.2, 0) is 0 Å². The molecule has 29 heavy (non-hydrogen) atoms. The molecule has 160 valence electrons. The molecule has 0 spiro atoms. The van der Waals surface area contributed by atoms with E-state index < -0.39 is 0 Å². The predicted octanol–water partition coefficient (Wildman–Crippen LogP) is 5.79. The molecule has 2 fully saturated rings. The fourth-order valence-corrected chi connectivity index (χ4v) is 3.44. The van der Waals surface area contributed by atoms with E-state index in [0.717, 1.165) is 16.5 Å². The summed E-state index contributed by atoms with van der Waals surface area (Å²) in [5.41, 5.74) is 1.32. The number of nitrogens with one attached hydrogen (secondary N) is 1. The highest BCUT2D eigenvalue weighted by atomic mass is 35.5. The highest BCUT2D eigenvalue weighted by molar-refractivity contribution is 6.30. The van der Waals surface area contributed by atoms with Crippen LogP contribution in [0.1, 0.15) is 38.5 Å². The minimum Gasteiger partial charge on any atom is -0.497 e. The molecule has 0 bridgehead atoms. The van der Waals surface area contributed by atoms with Crippen LogP contribution in [0.15, 0.2) is 48.5 Å². The fraction of sp³-hybridized carbons (Fsp3) is 0.500. The van der Waals surface area contributed by atoms with Crippen LogP contribution in [0.3, 0.4) is 0 Å². The van der Waals surface area contributed by atoms with Gasteiger partial charge in [0.25, 0.3) is 0 Å². The van der Waals surface area contributed by atoms with Gasteiger partial charge in [0.1, 0.15) is 11.5 Å². The Hall–Kier alpha value is -1.91. The SMILES string of the molecule is C1CCNCC1.COc1ccc(Cl)cc1.COc1ccc(N2CCCCC2)cc1. The molecule has 4 nitrogen and oxygen atoms in total. The number of benzene rings is 2. The quantitative estimate of drug-likeness (QED) is 0.683. The first kappa shape index (κ1) is 23.4. The molecule has 0 amide bonds. The van der Waals surface area contributed by atoms with Crippen LogP contribution in [0.4, 0.5) is 5.69 Å². The predicted molar refractivity (Wildman–Crippen MR) is 124 cm³/mol. The van der Waals surface area contributed by atoms with E-state index in [4.69, 9.17) is 21.1 Å². The average molecular weight is 419 g/mol. The minimum absolute atomic E-state index is 0.732. The maximum absolute atomic E-state index is 5.61. The lowest BCUT2D eigenvalue weighted by molar-refractivity contribution is 0.414. The molecule has 0 atom stereocenters. The van der Waals surface area contributed by atoms with Gasteiger partial charge in [-0.15, -0.1) is 0 Å². The third kappa shape index (κ3) is 9.42. The van der Waals surface area contributed by atoms with E-state index in [1.807, 2.05) is 24.3 Å². The van der Waals surface area contributed by atoms with Gasteiger partial charge in [0, 0.05) is 23.8 Å². The number of piperidine rings is 2. The molecule has 2 aromatic carbocycles. The number of hydrogen-bond donors (Lipinski definition) is 1. The molecule has 2 saturated heterocycles. The van der Waals surface area contributed by atoms with Crippen molar-refractivity contribution in [3.63, 3.8) is 0 Å². The molecule has 1 N–H and O–H groups in total. The lowest BCUT2D eigenvalue weighted by atomic mass is 10.1. The van der Waals surface area contributed by atoms with Crippen molar-refractivity contribution in [1.29, 1.82) is 0 Å². The first-order chi connectivity index (χ1) is 14.2. The van der Waals surface area contributed by atoms with E-state index in [9.17, 15) is 0 Å². The van der Waals surface area contributed by atoms with Gasteiger partial charge in [0.15, 0.2) is 0 Å². The Bertz CT molecular complexity index is 640. The summed E-state index contributed by atoms with van der Waals surface area (Å²) in [6.45, 7) is 4.90. The topological polar surface area (TPSA) is 33.7 Å². The van der Waals surface area contributed by atoms with E-state index >= 15 is 0 Å². The van der Waals surface area contributed by atoms with E-state index in [2.05, 4.69) is 22.3 Å². The second-order valence-corrected chi connectivity index (χ2v) is 7.65. The summed E-state index contributed by atoms with van der Waals surface area (Å²) in [7, 11) is 3.33. The molecule has 2 heterocycles. The Morgan fingerprint density at radius 3 is 1.59 bits per heavy atom. The Kier molecular flexibility index (Phi) is 11.4. The number of anilines is 1. The maximum Gasteiger partial charge on any atom is 0.119 e. The smallest absolute Gasteiger partial charge is 0.119 e. The van der Waals surface area contributed by atoms with Crippen LogP contribution >= 0.6 is 11.6 Å². The molecule has 2 aromatic rings. The summed E-state index contributed by atoms with van der Waals surface area (Å²) >= 11 is 5.61. The normalized spacial score (nSPS) is 15.9. The minimum atomic E-state index is 0.732. The van der Waals surface area contributed by atoms with E-state index in [1.54, 1.807) is 26.4 Å². The van der Waals surface area contributed by atoms with Gasteiger partial charge >= 0.3 is 0 Å². The van der Waals surface area contributed by atoms with Crippen molar-refractivity contribution in [2.45, 2.75) is 38.5 Å². The monoisotopic (exact) mass is 418 g/mol. The zero-order chi connectivity index (χ0) is 20.7. The first-order valence-electron chi connectivity index (χ1n) is 10.6. The molecular weight excluding hydrogens is 384 g/mol. The summed E-state index contributed by atoms with van der Waals surface area (Å²) in [5, 5.41) is 4.02. The van der Waals surface area contributed by atoms with E-state index in [0.29, 0.717) is 0 Å². The van der Waals surface area contributed by atoms with E-state index in [1.165, 1.54) is 70.4 Å². The van der Waals surface area contributed by atoms with E-state index in [-0.39, 0.29) is 0 Å². The third-order valence-corrected chi connectivity index (χ3v) is 5.30. The first-order valence-corrected chi connectivity index (χ1v) is 11.0. The second-order valence-electron chi connectivity index (χ2n) is 7.21. The van der Waals surface area contributed by atoms with Crippen LogP contribution in [0, 0.1) is 0 Å². The number of halogens is 1. The summed E-state index contributed by atoms with van der Waals surface area (Å²) in [4.78, 5) is 2.45. The third-order valence-electron chi connectivity index (χ3n) is 5.05. The van der Waals surface area contributed by atoms with Crippen molar-refractivity contribution in [3.8, 4) is 11.5 Å². The van der Waals surface area contributed by atoms with Crippen LogP contribution in [0.2, 0.25) is 5.02 Å². The summed E-state index contributed by atoms with van der Waals surface area (Å²) in [5.74, 6) is 1.77. The zero-order valence-corrected chi connectivity index (χ0v) is 18.6. The molecular formula is C24H35ClN2O2. The van der Waals surface area contributed by atoms with Gasteiger partial charge in [-0.2, -0.15) is 0 Å². The van der Waals surface area contributed by atoms with Crippen molar-refractivity contribution in [2.24, 2.45) is 0 Å². The van der Waals surface area contributed by atoms with Gasteiger partial charge < -0.3 is 19.7 Å². The molecule has 0 aliphatic carbocycles. The molecule has 4 rings (SSSR count). The van der Waals surface area contributed by atoms with Crippen LogP contribution < -0.4 is 19.7 Å². The molecule has 0 aromatic heterocycles. The van der Waals surface area contributed by atoms with Gasteiger partial charge in [0.2, 0.25) is 0 Å². The molecule has 0 saturated carbocycles. The number of rotatable bonds is 3. The standard InChI is InChI=1S/C12H17NO.C7H7ClO.C5H11N/c1-14-12-7-5-11(6-8-12)13-9-3-2-4-10-13;1-9-7-4-2-6(8)3-5-7;1-2-4-6-5-3-1/h5-8H,2-4,9-10H2,1H3;2-5H,1H3;6H,1-5H2. The zero-order valence-electron chi connectivity index (χ0n) is 17.8. The highest BCUT2D eigenvalue weighted by Gasteiger charge is 2.10. The van der Waals surface area contributed by atoms with Gasteiger partial charge in [0.05, 0.1) is 14.2 Å². The molecule has 0 unspecified atom stereocenters. The number of ether oxygens (including phenoxy) is 2. The van der Waals surface area contributed by atoms with Gasteiger partial charge in [-0.25, -0.2) is 0 Å². The highest BCUT2D eigenvalue weighted by Crippen LogP contribution is 2.22. The van der Waals surface area contributed by atoms with Crippen LogP contribution in [-0.4, -0.2) is 40.4 Å². The molecule has 0 radical (unpaired) electrons. The number of nitrogens with zero attached hydrogens (tertiary/aromatic N) is 1. The maximum atomic E-state index is 5.61. The number of hydrogen-bond acceptors (Lipinski definition) is 4. The Morgan fingerprint density at radius 2 is 1.17 bits per heavy atom. The van der Waals surface area contributed by atoms with Crippen molar-refractivity contribution in [3.05, 3.63) is 53.6 Å². The average Bonchev–Trinajstić information content (AvgIpc) is 2.82. The molecule has 5 heteroatoms. The largest absolute Gasteiger partial charge is 0.497 e. The lowest BCUT2D eigenvalue weighted by Gasteiger charge is -2.28. The Balaban J connectivity index is 0.000000171. The molecule has 2 aliphatic heterocycles. The second kappa shape index (κ2) is 14.1. The number of methoxy groups -OCH3 is 2. The van der Waals surface area contributed by atoms with Crippen molar-refractivity contribution in [2.75, 3.05) is 45.3 Å². The van der Waals surface area contributed by atoms with Crippen molar-refractivity contribution >= 4 is 17.3 Å². The fourth-order valence-electron chi connectivity index (χ4n) is 3.32. The van der Waals surface area contributed by atoms with Crippen LogP contribution in [0.5, 0.6) is 11.5 Å². The van der Waals surface area contributed by atoms with Crippen molar-refractivity contribution in [1.82, 2.24) is 5.32 Å². The molecule has 2 aliphatic rings. The van der Waals surface area contributed by atoms with Gasteiger partial charge in [-0.1, -0.05) is 18.0 Å². The lowest BCUT2D eigenvalue weighted by Crippen LogP contribution is -2.29. The van der Waals surface area contributed by atoms with Crippen molar-refractivity contribution < 1.29 is 9.47 Å². The van der Waals surface area contributed by atoms with Gasteiger partial charge in [-0.05, 0) is 93.7 Å². The summed E-state index contributed by atoms with van der Waals surface area (Å²) in [6, 6.07) is 15.6. The Labute approximate surface area is 181 Å². The van der Waals surface area contributed by atoms with Gasteiger partial charge in [-0.3, -0.25) is 0 Å². The summed E-state index contributed by atoms with van der Waals surface area (Å²) < 4.78 is 10.0. The Morgan fingerprint density at radius 1 is 0.690 bits per heavy atom.